The summed E-state index contributed by atoms with van der Waals surface area (Å²) in [7, 11) is -1.28. The molecule has 2 aliphatic rings. The van der Waals surface area contributed by atoms with Crippen LogP contribution in [0.25, 0.3) is 10.2 Å². The zero-order valence-electron chi connectivity index (χ0n) is 16.3. The highest BCUT2D eigenvalue weighted by atomic mass is 32.2. The molecular weight excluding hydrogens is 402 g/mol. The second kappa shape index (κ2) is 7.70. The number of amides is 2. The smallest absolute Gasteiger partial charge is 0.331 e. The third-order valence-corrected chi connectivity index (χ3v) is 7.26. The molecule has 2 amide bonds. The van der Waals surface area contributed by atoms with E-state index in [2.05, 4.69) is 10.3 Å². The van der Waals surface area contributed by atoms with Gasteiger partial charge in [0.1, 0.15) is 11.1 Å². The fourth-order valence-corrected chi connectivity index (χ4v) is 5.60. The first-order valence-electron chi connectivity index (χ1n) is 10.1. The maximum absolute atomic E-state index is 12.8. The second-order valence-electron chi connectivity index (χ2n) is 7.63. The molecule has 1 aromatic carbocycles. The van der Waals surface area contributed by atoms with Crippen LogP contribution in [0.15, 0.2) is 41.9 Å². The summed E-state index contributed by atoms with van der Waals surface area (Å²) in [5.74, 6) is 0. The van der Waals surface area contributed by atoms with Gasteiger partial charge in [0.15, 0.2) is 5.38 Å². The summed E-state index contributed by atoms with van der Waals surface area (Å²) in [5.41, 5.74) is 2.86. The Morgan fingerprint density at radius 3 is 2.70 bits per heavy atom. The largest absolute Gasteiger partial charge is 0.500 e. The number of carbonyl (C=O) groups excluding carboxylic acids is 2. The molecule has 3 heterocycles. The number of aromatic nitrogens is 1. The summed E-state index contributed by atoms with van der Waals surface area (Å²) in [6, 6.07) is 9.09. The van der Waals surface area contributed by atoms with Gasteiger partial charge in [0, 0.05) is 6.20 Å². The molecule has 0 bridgehead atoms. The lowest BCUT2D eigenvalue weighted by Gasteiger charge is -2.27. The molecule has 2 aromatic heterocycles. The van der Waals surface area contributed by atoms with Crippen molar-refractivity contribution in [2.75, 3.05) is 10.2 Å². The van der Waals surface area contributed by atoms with E-state index in [9.17, 15) is 14.7 Å². The van der Waals surface area contributed by atoms with Crippen LogP contribution in [0.3, 0.4) is 0 Å². The number of urea groups is 1. The monoisotopic (exact) mass is 423 g/mol. The van der Waals surface area contributed by atoms with Gasteiger partial charge in [-0.15, -0.1) is 0 Å². The van der Waals surface area contributed by atoms with Crippen molar-refractivity contribution in [1.82, 2.24) is 4.98 Å². The van der Waals surface area contributed by atoms with Gasteiger partial charge in [-0.05, 0) is 36.6 Å². The van der Waals surface area contributed by atoms with Crippen molar-refractivity contribution in [3.05, 3.63) is 47.5 Å². The fourth-order valence-electron chi connectivity index (χ4n) is 4.21. The minimum absolute atomic E-state index is 0.332. The normalized spacial score (nSPS) is 17.3. The van der Waals surface area contributed by atoms with Crippen LogP contribution in [0.5, 0.6) is 0 Å². The van der Waals surface area contributed by atoms with Crippen molar-refractivity contribution in [3.63, 3.8) is 0 Å². The summed E-state index contributed by atoms with van der Waals surface area (Å²) in [6.07, 6.45) is 7.90. The Hall–Kier alpha value is -2.97. The van der Waals surface area contributed by atoms with Crippen molar-refractivity contribution in [2.45, 2.75) is 44.8 Å². The number of benzene rings is 1. The number of hydrogen-bond acceptors (Lipinski definition) is 5. The summed E-state index contributed by atoms with van der Waals surface area (Å²) >= 11 is 0. The molecule has 1 fully saturated rings. The lowest BCUT2D eigenvalue weighted by Crippen LogP contribution is -2.33. The highest BCUT2D eigenvalue weighted by molar-refractivity contribution is 7.54. The first-order valence-corrected chi connectivity index (χ1v) is 11.4. The van der Waals surface area contributed by atoms with Gasteiger partial charge in [0.25, 0.3) is 4.83 Å². The van der Waals surface area contributed by atoms with Crippen molar-refractivity contribution in [2.24, 2.45) is 0 Å². The lowest BCUT2D eigenvalue weighted by molar-refractivity contribution is -0.233. The van der Waals surface area contributed by atoms with E-state index in [1.807, 2.05) is 24.3 Å². The molecule has 1 atom stereocenters. The Morgan fingerprint density at radius 2 is 1.97 bits per heavy atom. The number of nitrogens with one attached hydrogen (secondary N) is 1. The van der Waals surface area contributed by atoms with Crippen LogP contribution < -0.4 is 15.3 Å². The van der Waals surface area contributed by atoms with Gasteiger partial charge >= 0.3 is 11.3 Å². The summed E-state index contributed by atoms with van der Waals surface area (Å²) in [6.45, 7) is 0.559. The molecule has 3 aromatic rings. The molecular formula is C22H21N3O4S. The highest BCUT2D eigenvalue weighted by Crippen LogP contribution is 2.46. The number of hydrogen-bond donors (Lipinski definition) is 1. The third-order valence-electron chi connectivity index (χ3n) is 5.71. The van der Waals surface area contributed by atoms with Gasteiger partial charge in [-0.2, -0.15) is 0 Å². The van der Waals surface area contributed by atoms with E-state index < -0.39 is 15.8 Å². The summed E-state index contributed by atoms with van der Waals surface area (Å²) in [5, 5.41) is 15.2. The van der Waals surface area contributed by atoms with E-state index in [1.54, 1.807) is 11.0 Å². The quantitative estimate of drug-likeness (QED) is 0.600. The van der Waals surface area contributed by atoms with Crippen molar-refractivity contribution in [1.29, 1.82) is 0 Å². The van der Waals surface area contributed by atoms with Gasteiger partial charge in [-0.1, -0.05) is 31.4 Å². The Bertz CT molecular complexity index is 1120. The van der Waals surface area contributed by atoms with E-state index in [1.165, 1.54) is 30.8 Å². The van der Waals surface area contributed by atoms with Crippen LogP contribution in [0, 0.1) is 0 Å². The minimum atomic E-state index is -1.28. The molecule has 1 N–H and O–H groups in total. The van der Waals surface area contributed by atoms with E-state index in [-0.39, 0.29) is 6.03 Å². The predicted octanol–water partition coefficient (Wildman–Crippen LogP) is 4.71. The Balaban J connectivity index is 1.42. The van der Waals surface area contributed by atoms with E-state index in [0.717, 1.165) is 18.4 Å². The van der Waals surface area contributed by atoms with E-state index >= 15 is 0 Å². The average molecular weight is 423 g/mol. The van der Waals surface area contributed by atoms with E-state index in [4.69, 9.17) is 4.74 Å². The van der Waals surface area contributed by atoms with Crippen LogP contribution in [-0.2, 0) is 11.3 Å². The van der Waals surface area contributed by atoms with Crippen LogP contribution >= 0.6 is 10.5 Å². The first kappa shape index (κ1) is 19.0. The third kappa shape index (κ3) is 3.32. The molecule has 0 radical (unpaired) electrons. The van der Waals surface area contributed by atoms with Gasteiger partial charge in [-0.25, -0.2) is 9.78 Å². The zero-order chi connectivity index (χ0) is 20.7. The Kier molecular flexibility index (Phi) is 4.88. The molecule has 7 nitrogen and oxygen atoms in total. The molecule has 154 valence electrons. The maximum atomic E-state index is 12.8. The molecule has 1 saturated carbocycles. The van der Waals surface area contributed by atoms with Crippen molar-refractivity contribution in [3.8, 4) is 0 Å². The Labute approximate surface area is 176 Å². The number of rotatable bonds is 5. The van der Waals surface area contributed by atoms with Crippen LogP contribution in [-0.4, -0.2) is 22.4 Å². The summed E-state index contributed by atoms with van der Waals surface area (Å²) in [4.78, 5) is 30.5. The molecule has 5 rings (SSSR count). The number of anilines is 3. The molecule has 0 spiro atoms. The number of nitrogens with zero attached hydrogens (tertiary/aromatic N) is 2. The predicted molar refractivity (Wildman–Crippen MR) is 114 cm³/mol. The molecule has 30 heavy (non-hydrogen) atoms. The van der Waals surface area contributed by atoms with Crippen molar-refractivity contribution < 1.29 is 19.4 Å². The maximum Gasteiger partial charge on any atom is 0.331 e. The molecule has 1 unspecified atom stereocenters. The highest BCUT2D eigenvalue weighted by Gasteiger charge is 2.34. The van der Waals surface area contributed by atoms with Crippen LogP contribution in [0.4, 0.5) is 26.7 Å². The zero-order valence-corrected chi connectivity index (χ0v) is 17.1. The van der Waals surface area contributed by atoms with Crippen LogP contribution in [0.1, 0.15) is 37.7 Å². The summed E-state index contributed by atoms with van der Waals surface area (Å²) < 4.78 is 6.03. The minimum Gasteiger partial charge on any atom is -0.500 e. The number of thiophene rings is 1. The number of ether oxygens (including phenoxy) is 1. The SMILES string of the molecule is O=C1Nc2c[s+](C(=O)[O-])c3nccc(c23)N1c1ccc(COC2CCCCC2)cc1. The average Bonchev–Trinajstić information content (AvgIpc) is 3.14. The number of carboxylic acid groups (broad SMARTS) is 1. The second-order valence-corrected chi connectivity index (χ2v) is 9.26. The van der Waals surface area contributed by atoms with Gasteiger partial charge in [0.05, 0.1) is 34.6 Å². The van der Waals surface area contributed by atoms with Crippen LogP contribution in [0.2, 0.25) is 0 Å². The molecule has 1 aliphatic carbocycles. The fraction of sp³-hybridized carbons (Fsp3) is 0.318. The lowest BCUT2D eigenvalue weighted by atomic mass is 9.98. The van der Waals surface area contributed by atoms with Gasteiger partial charge < -0.3 is 20.0 Å². The number of carbonyl (C=O) groups is 2. The standard InChI is InChI=1S/C22H21N3O4S/c26-21-24-17-13-30(22(27)28)20-19(17)18(10-11-23-20)25(21)15-8-6-14(7-9-15)12-29-16-4-2-1-3-5-16/h6-11,13,16H,1-5,12H2,(H-,24,26,27,28). The molecule has 8 heteroatoms. The molecule has 0 saturated heterocycles. The van der Waals surface area contributed by atoms with Gasteiger partial charge in [-0.3, -0.25) is 4.90 Å². The van der Waals surface area contributed by atoms with Gasteiger partial charge in [0.2, 0.25) is 0 Å². The molecule has 1 aliphatic heterocycles. The Morgan fingerprint density at radius 1 is 1.20 bits per heavy atom. The number of pyridine rings is 1. The van der Waals surface area contributed by atoms with E-state index in [0.29, 0.717) is 40.0 Å². The first-order chi connectivity index (χ1) is 14.6. The topological polar surface area (TPSA) is 94.6 Å². The van der Waals surface area contributed by atoms with Crippen molar-refractivity contribution >= 4 is 49.1 Å².